The molecule has 1 atom stereocenters. The number of hydrogen-bond acceptors (Lipinski definition) is 4. The van der Waals surface area contributed by atoms with E-state index in [2.05, 4.69) is 29.2 Å². The van der Waals surface area contributed by atoms with Gasteiger partial charge in [-0.2, -0.15) is 16.1 Å². The quantitative estimate of drug-likeness (QED) is 0.648. The lowest BCUT2D eigenvalue weighted by Crippen LogP contribution is -2.37. The number of amides is 1. The molecule has 6 nitrogen and oxygen atoms in total. The summed E-state index contributed by atoms with van der Waals surface area (Å²) >= 11 is 1.76. The van der Waals surface area contributed by atoms with Crippen molar-refractivity contribution in [2.75, 3.05) is 31.1 Å². The maximum atomic E-state index is 13.4. The van der Waals surface area contributed by atoms with Crippen LogP contribution in [0.15, 0.2) is 59.6 Å². The molecule has 0 aliphatic carbocycles. The number of rotatable bonds is 4. The Morgan fingerprint density at radius 3 is 2.65 bits per heavy atom. The number of hydrogen-bond donors (Lipinski definition) is 1. The molecule has 3 aromatic rings. The molecule has 1 aromatic heterocycles. The van der Waals surface area contributed by atoms with Crippen LogP contribution in [0, 0.1) is 0 Å². The van der Waals surface area contributed by atoms with E-state index < -0.39 is 10.0 Å². The second-order valence-corrected chi connectivity index (χ2v) is 11.2. The zero-order valence-electron chi connectivity index (χ0n) is 17.2. The number of fused-ring (bicyclic) bond motifs is 1. The van der Waals surface area contributed by atoms with Crippen molar-refractivity contribution >= 4 is 38.5 Å². The van der Waals surface area contributed by atoms with Gasteiger partial charge < -0.3 is 9.88 Å². The minimum Gasteiger partial charge on any atom is -0.356 e. The fourth-order valence-electron chi connectivity index (χ4n) is 4.61. The van der Waals surface area contributed by atoms with Gasteiger partial charge in [-0.05, 0) is 35.2 Å². The van der Waals surface area contributed by atoms with E-state index >= 15 is 0 Å². The van der Waals surface area contributed by atoms with Gasteiger partial charge in [-0.1, -0.05) is 42.5 Å². The third kappa shape index (κ3) is 3.77. The Hall–Kier alpha value is -2.29. The molecule has 8 heteroatoms. The zero-order chi connectivity index (χ0) is 21.4. The van der Waals surface area contributed by atoms with Gasteiger partial charge in [0.15, 0.2) is 0 Å². The lowest BCUT2D eigenvalue weighted by atomic mass is 9.97. The molecule has 1 amide bonds. The van der Waals surface area contributed by atoms with Gasteiger partial charge in [-0.15, -0.1) is 0 Å². The van der Waals surface area contributed by atoms with Gasteiger partial charge in [0.25, 0.3) is 5.91 Å². The highest BCUT2D eigenvalue weighted by molar-refractivity contribution is 7.99. The predicted octanol–water partition coefficient (Wildman–Crippen LogP) is 3.88. The topological polar surface area (TPSA) is 73.5 Å². The van der Waals surface area contributed by atoms with E-state index in [0.29, 0.717) is 25.3 Å². The van der Waals surface area contributed by atoms with Crippen LogP contribution in [-0.2, 0) is 10.0 Å². The highest BCUT2D eigenvalue weighted by Gasteiger charge is 2.33. The molecule has 162 valence electrons. The number of nitrogens with one attached hydrogen (secondary N) is 1. The summed E-state index contributed by atoms with van der Waals surface area (Å²) in [6, 6.07) is 15.9. The Bertz CT molecular complexity index is 1210. The Kier molecular flexibility index (Phi) is 5.54. The number of sulfonamides is 1. The first kappa shape index (κ1) is 20.6. The van der Waals surface area contributed by atoms with Crippen LogP contribution in [0.25, 0.3) is 10.8 Å². The van der Waals surface area contributed by atoms with Crippen molar-refractivity contribution in [1.29, 1.82) is 0 Å². The fourth-order valence-corrected chi connectivity index (χ4v) is 7.18. The van der Waals surface area contributed by atoms with Crippen LogP contribution >= 0.6 is 11.8 Å². The molecule has 1 N–H and O–H groups in total. The lowest BCUT2D eigenvalue weighted by Gasteiger charge is -2.26. The summed E-state index contributed by atoms with van der Waals surface area (Å²) in [5, 5.41) is 2.32. The van der Waals surface area contributed by atoms with E-state index in [0.717, 1.165) is 40.7 Å². The third-order valence-electron chi connectivity index (χ3n) is 6.19. The van der Waals surface area contributed by atoms with Crippen LogP contribution in [0.5, 0.6) is 0 Å². The molecule has 5 rings (SSSR count). The minimum absolute atomic E-state index is 0.0129. The van der Waals surface area contributed by atoms with Crippen LogP contribution < -0.4 is 0 Å². The molecule has 3 heterocycles. The summed E-state index contributed by atoms with van der Waals surface area (Å²) in [7, 11) is -3.57. The number of H-pyrrole nitrogens is 1. The highest BCUT2D eigenvalue weighted by Crippen LogP contribution is 2.37. The molecule has 2 saturated heterocycles. The number of likely N-dealkylation sites (tertiary alicyclic amines) is 1. The van der Waals surface area contributed by atoms with E-state index in [9.17, 15) is 13.2 Å². The van der Waals surface area contributed by atoms with Gasteiger partial charge in [0.05, 0.1) is 6.04 Å². The monoisotopic (exact) mass is 455 g/mol. The Balaban J connectivity index is 1.42. The molecule has 2 aromatic carbocycles. The molecule has 2 fully saturated rings. The molecule has 0 spiro atoms. The largest absolute Gasteiger partial charge is 0.356 e. The van der Waals surface area contributed by atoms with Gasteiger partial charge in [-0.25, -0.2) is 8.42 Å². The Morgan fingerprint density at radius 2 is 1.81 bits per heavy atom. The zero-order valence-corrected chi connectivity index (χ0v) is 18.8. The maximum Gasteiger partial charge on any atom is 0.270 e. The van der Waals surface area contributed by atoms with Gasteiger partial charge in [-0.3, -0.25) is 4.79 Å². The SMILES string of the molecule is O=C(c1cc(S(=O)(=O)N2CCSCC2)c[nH]1)N1CCCC1c1cccc2ccccc12. The molecule has 1 unspecified atom stereocenters. The lowest BCUT2D eigenvalue weighted by molar-refractivity contribution is 0.0731. The number of thioether (sulfide) groups is 1. The normalized spacial score (nSPS) is 20.4. The smallest absolute Gasteiger partial charge is 0.270 e. The fraction of sp³-hybridized carbons (Fsp3) is 0.348. The van der Waals surface area contributed by atoms with Crippen LogP contribution in [0.3, 0.4) is 0 Å². The summed E-state index contributed by atoms with van der Waals surface area (Å²) in [6.07, 6.45) is 3.28. The van der Waals surface area contributed by atoms with Crippen molar-refractivity contribution in [2.45, 2.75) is 23.8 Å². The number of aromatic nitrogens is 1. The van der Waals surface area contributed by atoms with Gasteiger partial charge in [0, 0.05) is 37.3 Å². The van der Waals surface area contributed by atoms with Gasteiger partial charge >= 0.3 is 0 Å². The average Bonchev–Trinajstić information content (AvgIpc) is 3.49. The molecule has 31 heavy (non-hydrogen) atoms. The number of nitrogens with zero attached hydrogens (tertiary/aromatic N) is 2. The van der Waals surface area contributed by atoms with Gasteiger partial charge in [0.1, 0.15) is 10.6 Å². The van der Waals surface area contributed by atoms with Crippen molar-refractivity contribution in [1.82, 2.24) is 14.2 Å². The van der Waals surface area contributed by atoms with Crippen molar-refractivity contribution in [3.8, 4) is 0 Å². The number of carbonyl (C=O) groups excluding carboxylic acids is 1. The molecular weight excluding hydrogens is 430 g/mol. The maximum absolute atomic E-state index is 13.4. The van der Waals surface area contributed by atoms with Crippen molar-refractivity contribution < 1.29 is 13.2 Å². The minimum atomic E-state index is -3.57. The molecular formula is C23H25N3O3S2. The second-order valence-electron chi connectivity index (χ2n) is 7.99. The molecule has 2 aliphatic rings. The van der Waals surface area contributed by atoms with Crippen LogP contribution in [0.1, 0.15) is 34.9 Å². The van der Waals surface area contributed by atoms with Crippen molar-refractivity contribution in [3.05, 3.63) is 66.0 Å². The molecule has 0 radical (unpaired) electrons. The number of carbonyl (C=O) groups is 1. The third-order valence-corrected chi connectivity index (χ3v) is 9.01. The van der Waals surface area contributed by atoms with Crippen LogP contribution in [0.2, 0.25) is 0 Å². The molecule has 0 bridgehead atoms. The average molecular weight is 456 g/mol. The standard InChI is InChI=1S/C23H25N3O3S2/c27-23(21-15-18(16-24-21)31(28,29)25-11-13-30-14-12-25)26-10-4-9-22(26)20-8-3-6-17-5-1-2-7-19(17)20/h1-3,5-8,15-16,22,24H,4,9-14H2. The van der Waals surface area contributed by atoms with E-state index in [1.165, 1.54) is 16.6 Å². The van der Waals surface area contributed by atoms with E-state index in [4.69, 9.17) is 0 Å². The second kappa shape index (κ2) is 8.33. The Morgan fingerprint density at radius 1 is 1.03 bits per heavy atom. The summed E-state index contributed by atoms with van der Waals surface area (Å²) in [6.45, 7) is 1.69. The van der Waals surface area contributed by atoms with E-state index in [1.54, 1.807) is 11.8 Å². The van der Waals surface area contributed by atoms with Crippen LogP contribution in [0.4, 0.5) is 0 Å². The molecule has 0 saturated carbocycles. The van der Waals surface area contributed by atoms with Crippen molar-refractivity contribution in [2.24, 2.45) is 0 Å². The number of aromatic amines is 1. The van der Waals surface area contributed by atoms with E-state index in [1.807, 2.05) is 23.1 Å². The van der Waals surface area contributed by atoms with E-state index in [-0.39, 0.29) is 16.8 Å². The van der Waals surface area contributed by atoms with Crippen LogP contribution in [-0.4, -0.2) is 59.7 Å². The first-order valence-electron chi connectivity index (χ1n) is 10.6. The number of benzene rings is 2. The summed E-state index contributed by atoms with van der Waals surface area (Å²) < 4.78 is 27.4. The first-order chi connectivity index (χ1) is 15.1. The first-order valence-corrected chi connectivity index (χ1v) is 13.2. The summed E-state index contributed by atoms with van der Waals surface area (Å²) in [5.74, 6) is 1.46. The van der Waals surface area contributed by atoms with Crippen molar-refractivity contribution in [3.63, 3.8) is 0 Å². The molecule has 2 aliphatic heterocycles. The summed E-state index contributed by atoms with van der Waals surface area (Å²) in [4.78, 5) is 18.3. The predicted molar refractivity (Wildman–Crippen MR) is 124 cm³/mol. The van der Waals surface area contributed by atoms with Gasteiger partial charge in [0.2, 0.25) is 10.0 Å². The highest BCUT2D eigenvalue weighted by atomic mass is 32.2. The summed E-state index contributed by atoms with van der Waals surface area (Å²) in [5.41, 5.74) is 1.48. The Labute approximate surface area is 186 Å².